The van der Waals surface area contributed by atoms with E-state index in [1.165, 1.54) is 0 Å². The van der Waals surface area contributed by atoms with Crippen LogP contribution in [0.1, 0.15) is 24.8 Å². The Balaban J connectivity index is 1.78. The molecule has 1 heterocycles. The molecule has 0 spiro atoms. The quantitative estimate of drug-likeness (QED) is 0.641. The molecule has 4 nitrogen and oxygen atoms in total. The Bertz CT molecular complexity index is 692. The molecule has 0 aliphatic heterocycles. The van der Waals surface area contributed by atoms with Gasteiger partial charge < -0.3 is 11.1 Å². The van der Waals surface area contributed by atoms with Crippen LogP contribution < -0.4 is 11.1 Å². The normalized spacial score (nSPS) is 16.7. The van der Waals surface area contributed by atoms with Gasteiger partial charge in [0.15, 0.2) is 5.96 Å². The summed E-state index contributed by atoms with van der Waals surface area (Å²) in [5.41, 5.74) is 6.85. The molecule has 120 valence electrons. The Labute approximate surface area is 145 Å². The first-order valence-corrected chi connectivity index (χ1v) is 8.29. The van der Waals surface area contributed by atoms with Crippen molar-refractivity contribution >= 4 is 35.0 Å². The summed E-state index contributed by atoms with van der Waals surface area (Å²) in [6.07, 6.45) is 4.87. The number of pyridine rings is 1. The predicted octanol–water partition coefficient (Wildman–Crippen LogP) is 4.24. The molecule has 6 heteroatoms. The highest BCUT2D eigenvalue weighted by Gasteiger charge is 2.41. The van der Waals surface area contributed by atoms with Gasteiger partial charge in [0.25, 0.3) is 0 Å². The van der Waals surface area contributed by atoms with E-state index in [0.717, 1.165) is 24.8 Å². The fourth-order valence-corrected chi connectivity index (χ4v) is 3.74. The number of aliphatic imine (C=N–C) groups is 1. The van der Waals surface area contributed by atoms with Crippen LogP contribution in [0.25, 0.3) is 0 Å². The molecule has 1 fully saturated rings. The number of guanidine groups is 1. The molecule has 0 unspecified atom stereocenters. The molecule has 2 aromatic rings. The number of rotatable bonds is 4. The lowest BCUT2D eigenvalue weighted by atomic mass is 9.64. The molecule has 3 rings (SSSR count). The van der Waals surface area contributed by atoms with E-state index < -0.39 is 0 Å². The number of benzene rings is 1. The van der Waals surface area contributed by atoms with Crippen molar-refractivity contribution in [3.63, 3.8) is 0 Å². The number of nitrogens with one attached hydrogen (secondary N) is 1. The van der Waals surface area contributed by atoms with E-state index >= 15 is 0 Å². The molecule has 1 aromatic carbocycles. The van der Waals surface area contributed by atoms with Crippen molar-refractivity contribution in [3.8, 4) is 0 Å². The van der Waals surface area contributed by atoms with E-state index in [0.29, 0.717) is 28.4 Å². The summed E-state index contributed by atoms with van der Waals surface area (Å²) in [5.74, 6) is 1.02. The van der Waals surface area contributed by atoms with Crippen molar-refractivity contribution in [2.75, 3.05) is 11.9 Å². The number of hydrogen-bond donors (Lipinski definition) is 2. The number of nitrogens with two attached hydrogens (primary N) is 1. The van der Waals surface area contributed by atoms with Crippen LogP contribution in [-0.2, 0) is 5.41 Å². The molecule has 0 atom stereocenters. The summed E-state index contributed by atoms with van der Waals surface area (Å²) in [4.78, 5) is 8.67. The van der Waals surface area contributed by atoms with Crippen molar-refractivity contribution in [3.05, 3.63) is 58.2 Å². The average molecular weight is 349 g/mol. The first-order valence-electron chi connectivity index (χ1n) is 7.53. The van der Waals surface area contributed by atoms with Crippen LogP contribution in [0.5, 0.6) is 0 Å². The maximum Gasteiger partial charge on any atom is 0.194 e. The fraction of sp³-hybridized carbons (Fsp3) is 0.294. The second-order valence-corrected chi connectivity index (χ2v) is 6.59. The number of nitrogens with zero attached hydrogens (tertiary/aromatic N) is 2. The smallest absolute Gasteiger partial charge is 0.194 e. The number of aromatic nitrogens is 1. The number of hydrogen-bond acceptors (Lipinski definition) is 2. The minimum atomic E-state index is -0.119. The van der Waals surface area contributed by atoms with Gasteiger partial charge in [-0.2, -0.15) is 0 Å². The molecule has 23 heavy (non-hydrogen) atoms. The van der Waals surface area contributed by atoms with Crippen molar-refractivity contribution in [2.24, 2.45) is 10.7 Å². The minimum Gasteiger partial charge on any atom is -0.370 e. The molecule has 0 radical (unpaired) electrons. The third kappa shape index (κ3) is 3.43. The topological polar surface area (TPSA) is 63.3 Å². The Hall–Kier alpha value is -1.78. The second kappa shape index (κ2) is 6.77. The Morgan fingerprint density at radius 3 is 2.48 bits per heavy atom. The van der Waals surface area contributed by atoms with Crippen LogP contribution in [0.4, 0.5) is 5.82 Å². The van der Waals surface area contributed by atoms with Gasteiger partial charge in [0, 0.05) is 21.7 Å². The number of halogens is 2. The van der Waals surface area contributed by atoms with E-state index in [4.69, 9.17) is 28.9 Å². The van der Waals surface area contributed by atoms with E-state index in [1.807, 2.05) is 36.4 Å². The highest BCUT2D eigenvalue weighted by atomic mass is 35.5. The molecule has 1 aromatic heterocycles. The predicted molar refractivity (Wildman–Crippen MR) is 96.3 cm³/mol. The summed E-state index contributed by atoms with van der Waals surface area (Å²) >= 11 is 12.8. The maximum atomic E-state index is 6.38. The average Bonchev–Trinajstić information content (AvgIpc) is 2.49. The van der Waals surface area contributed by atoms with E-state index in [2.05, 4.69) is 15.3 Å². The van der Waals surface area contributed by atoms with E-state index in [9.17, 15) is 0 Å². The van der Waals surface area contributed by atoms with Crippen LogP contribution >= 0.6 is 23.2 Å². The van der Waals surface area contributed by atoms with Crippen molar-refractivity contribution < 1.29 is 0 Å². The van der Waals surface area contributed by atoms with Gasteiger partial charge in [0.05, 0.1) is 6.54 Å². The third-order valence-electron chi connectivity index (χ3n) is 4.28. The van der Waals surface area contributed by atoms with Gasteiger partial charge in [-0.05, 0) is 42.7 Å². The zero-order valence-electron chi connectivity index (χ0n) is 12.6. The monoisotopic (exact) mass is 348 g/mol. The van der Waals surface area contributed by atoms with Crippen LogP contribution in [0.2, 0.25) is 10.0 Å². The lowest BCUT2D eigenvalue weighted by Gasteiger charge is -2.42. The molecule has 0 saturated heterocycles. The van der Waals surface area contributed by atoms with Crippen LogP contribution in [0.3, 0.4) is 0 Å². The largest absolute Gasteiger partial charge is 0.370 e. The minimum absolute atomic E-state index is 0.119. The van der Waals surface area contributed by atoms with Gasteiger partial charge in [-0.3, -0.25) is 4.99 Å². The second-order valence-electron chi connectivity index (χ2n) is 5.77. The summed E-state index contributed by atoms with van der Waals surface area (Å²) < 4.78 is 0. The Morgan fingerprint density at radius 2 is 1.91 bits per heavy atom. The lowest BCUT2D eigenvalue weighted by Crippen LogP contribution is -2.39. The van der Waals surface area contributed by atoms with Crippen molar-refractivity contribution in [1.82, 2.24) is 4.98 Å². The van der Waals surface area contributed by atoms with Gasteiger partial charge in [-0.15, -0.1) is 0 Å². The molecular weight excluding hydrogens is 331 g/mol. The fourth-order valence-electron chi connectivity index (χ4n) is 2.94. The summed E-state index contributed by atoms with van der Waals surface area (Å²) in [7, 11) is 0. The SMILES string of the molecule is NC(=NCC1(c2c(Cl)cccc2Cl)CCC1)Nc1ccccn1. The zero-order valence-corrected chi connectivity index (χ0v) is 14.1. The molecule has 0 bridgehead atoms. The van der Waals surface area contributed by atoms with E-state index in [-0.39, 0.29) is 5.41 Å². The standard InChI is InChI=1S/C17H18Cl2N4/c18-12-5-3-6-13(19)15(12)17(8-4-9-17)11-22-16(20)23-14-7-1-2-10-21-14/h1-3,5-7,10H,4,8-9,11H2,(H3,20,21,22,23). The van der Waals surface area contributed by atoms with E-state index in [1.54, 1.807) is 6.20 Å². The molecule has 1 aliphatic carbocycles. The van der Waals surface area contributed by atoms with Gasteiger partial charge in [-0.25, -0.2) is 4.98 Å². The molecule has 3 N–H and O–H groups in total. The van der Waals surface area contributed by atoms with Crippen molar-refractivity contribution in [2.45, 2.75) is 24.7 Å². The Kier molecular flexibility index (Phi) is 4.74. The summed E-state index contributed by atoms with van der Waals surface area (Å²) in [6, 6.07) is 11.2. The maximum absolute atomic E-state index is 6.38. The van der Waals surface area contributed by atoms with Crippen LogP contribution in [0, 0.1) is 0 Å². The van der Waals surface area contributed by atoms with Crippen LogP contribution in [-0.4, -0.2) is 17.5 Å². The highest BCUT2D eigenvalue weighted by Crippen LogP contribution is 2.49. The Morgan fingerprint density at radius 1 is 1.17 bits per heavy atom. The first kappa shape index (κ1) is 16.1. The summed E-state index contributed by atoms with van der Waals surface area (Å²) in [5, 5.41) is 4.39. The van der Waals surface area contributed by atoms with Gasteiger partial charge in [0.2, 0.25) is 0 Å². The third-order valence-corrected chi connectivity index (χ3v) is 4.91. The van der Waals surface area contributed by atoms with Crippen molar-refractivity contribution in [1.29, 1.82) is 0 Å². The number of anilines is 1. The molecule has 0 amide bonds. The van der Waals surface area contributed by atoms with Gasteiger partial charge in [-0.1, -0.05) is 41.8 Å². The summed E-state index contributed by atoms with van der Waals surface area (Å²) in [6.45, 7) is 0.558. The van der Waals surface area contributed by atoms with Crippen LogP contribution in [0.15, 0.2) is 47.6 Å². The zero-order chi connectivity index (χ0) is 16.3. The highest BCUT2D eigenvalue weighted by molar-refractivity contribution is 6.36. The lowest BCUT2D eigenvalue weighted by molar-refractivity contribution is 0.254. The van der Waals surface area contributed by atoms with Gasteiger partial charge in [0.1, 0.15) is 5.82 Å². The molecule has 1 saturated carbocycles. The first-order chi connectivity index (χ1) is 11.1. The molecule has 1 aliphatic rings. The van der Waals surface area contributed by atoms with Gasteiger partial charge >= 0.3 is 0 Å². The molecular formula is C17H18Cl2N4.